The lowest BCUT2D eigenvalue weighted by atomic mass is 9.51. The first-order chi connectivity index (χ1) is 12.5. The average Bonchev–Trinajstić information content (AvgIpc) is 2.50. The van der Waals surface area contributed by atoms with Crippen LogP contribution < -0.4 is 0 Å². The van der Waals surface area contributed by atoms with E-state index in [2.05, 4.69) is 20.4 Å². The maximum atomic E-state index is 12.4. The van der Waals surface area contributed by atoms with Gasteiger partial charge in [-0.15, -0.1) is 0 Å². The highest BCUT2D eigenvalue weighted by molar-refractivity contribution is 5.83. The summed E-state index contributed by atoms with van der Waals surface area (Å²) < 4.78 is 11.5. The number of hydrogen-bond donors (Lipinski definition) is 0. The quantitative estimate of drug-likeness (QED) is 0.421. The third-order valence-corrected chi connectivity index (χ3v) is 6.32. The first-order valence-electron chi connectivity index (χ1n) is 9.65. The SMILES string of the molecule is C=C(C)C1CC2(C)C(C)CC(=O)CC2C(OC(=O)C=C(C)C)C1OC(C)=O. The highest BCUT2D eigenvalue weighted by atomic mass is 16.6. The molecule has 27 heavy (non-hydrogen) atoms. The van der Waals surface area contributed by atoms with E-state index in [0.29, 0.717) is 12.8 Å². The van der Waals surface area contributed by atoms with E-state index in [4.69, 9.17) is 9.47 Å². The summed E-state index contributed by atoms with van der Waals surface area (Å²) in [5.41, 5.74) is 1.53. The van der Waals surface area contributed by atoms with E-state index in [1.54, 1.807) is 0 Å². The molecule has 5 heteroatoms. The largest absolute Gasteiger partial charge is 0.458 e. The van der Waals surface area contributed by atoms with Gasteiger partial charge in [-0.25, -0.2) is 4.79 Å². The van der Waals surface area contributed by atoms with Gasteiger partial charge < -0.3 is 9.47 Å². The number of ketones is 1. The number of fused-ring (bicyclic) bond motifs is 1. The highest BCUT2D eigenvalue weighted by Crippen LogP contribution is 2.56. The lowest BCUT2D eigenvalue weighted by Crippen LogP contribution is -2.59. The van der Waals surface area contributed by atoms with Crippen molar-refractivity contribution in [2.75, 3.05) is 0 Å². The number of rotatable bonds is 4. The average molecular weight is 376 g/mol. The van der Waals surface area contributed by atoms with E-state index < -0.39 is 24.1 Å². The number of carbonyl (C=O) groups excluding carboxylic acids is 3. The van der Waals surface area contributed by atoms with Crippen LogP contribution in [-0.2, 0) is 23.9 Å². The summed E-state index contributed by atoms with van der Waals surface area (Å²) in [6, 6.07) is 0. The summed E-state index contributed by atoms with van der Waals surface area (Å²) in [4.78, 5) is 36.6. The van der Waals surface area contributed by atoms with Gasteiger partial charge in [0.15, 0.2) is 0 Å². The van der Waals surface area contributed by atoms with Gasteiger partial charge in [0, 0.05) is 37.7 Å². The smallest absolute Gasteiger partial charge is 0.331 e. The van der Waals surface area contributed by atoms with Crippen molar-refractivity contribution in [1.29, 1.82) is 0 Å². The topological polar surface area (TPSA) is 69.7 Å². The molecular weight excluding hydrogens is 344 g/mol. The molecule has 150 valence electrons. The third kappa shape index (κ3) is 4.50. The number of ether oxygens (including phenoxy) is 2. The van der Waals surface area contributed by atoms with Gasteiger partial charge >= 0.3 is 11.9 Å². The lowest BCUT2D eigenvalue weighted by molar-refractivity contribution is -0.199. The minimum Gasteiger partial charge on any atom is -0.458 e. The molecule has 0 N–H and O–H groups in total. The Kier molecular flexibility index (Phi) is 6.33. The van der Waals surface area contributed by atoms with Crippen molar-refractivity contribution < 1.29 is 23.9 Å². The highest BCUT2D eigenvalue weighted by Gasteiger charge is 2.58. The fourth-order valence-corrected chi connectivity index (χ4v) is 4.74. The fraction of sp³-hybridized carbons (Fsp3) is 0.682. The molecule has 0 amide bonds. The Balaban J connectivity index is 2.50. The Labute approximate surface area is 162 Å². The Morgan fingerprint density at radius 1 is 1.11 bits per heavy atom. The fourth-order valence-electron chi connectivity index (χ4n) is 4.74. The zero-order chi connectivity index (χ0) is 20.5. The molecule has 6 unspecified atom stereocenters. The second kappa shape index (κ2) is 7.99. The van der Waals surface area contributed by atoms with E-state index in [1.807, 2.05) is 20.8 Å². The first kappa shape index (κ1) is 21.4. The van der Waals surface area contributed by atoms with Crippen molar-refractivity contribution in [3.8, 4) is 0 Å². The van der Waals surface area contributed by atoms with Crippen LogP contribution in [0.1, 0.15) is 60.8 Å². The minimum absolute atomic E-state index is 0.115. The first-order valence-corrected chi connectivity index (χ1v) is 9.65. The number of allylic oxidation sites excluding steroid dienone is 1. The molecule has 0 saturated heterocycles. The molecular formula is C22H32O5. The van der Waals surface area contributed by atoms with Gasteiger partial charge in [0.1, 0.15) is 18.0 Å². The monoisotopic (exact) mass is 376 g/mol. The standard InChI is InChI=1S/C22H32O5/c1-12(2)8-19(25)27-21-18-10-16(24)9-14(5)22(18,7)11-17(13(3)4)20(21)26-15(6)23/h8,14,17-18,20-21H,3,9-11H2,1-2,4-7H3. The molecule has 2 rings (SSSR count). The van der Waals surface area contributed by atoms with Crippen molar-refractivity contribution >= 4 is 17.7 Å². The molecule has 2 aliphatic carbocycles. The molecule has 5 nitrogen and oxygen atoms in total. The summed E-state index contributed by atoms with van der Waals surface area (Å²) >= 11 is 0. The Morgan fingerprint density at radius 2 is 1.74 bits per heavy atom. The second-order valence-corrected chi connectivity index (χ2v) is 8.81. The van der Waals surface area contributed by atoms with Gasteiger partial charge in [0.05, 0.1) is 0 Å². The Hall–Kier alpha value is -1.91. The summed E-state index contributed by atoms with van der Waals surface area (Å²) in [6.07, 6.45) is 1.78. The van der Waals surface area contributed by atoms with E-state index in [-0.39, 0.29) is 29.0 Å². The van der Waals surface area contributed by atoms with E-state index in [1.165, 1.54) is 13.0 Å². The van der Waals surface area contributed by atoms with Crippen LogP contribution in [0.4, 0.5) is 0 Å². The second-order valence-electron chi connectivity index (χ2n) is 8.81. The molecule has 2 fully saturated rings. The molecule has 0 spiro atoms. The number of hydrogen-bond acceptors (Lipinski definition) is 5. The zero-order valence-corrected chi connectivity index (χ0v) is 17.3. The van der Waals surface area contributed by atoms with Crippen molar-refractivity contribution in [2.45, 2.75) is 73.0 Å². The molecule has 0 aromatic rings. The lowest BCUT2D eigenvalue weighted by Gasteiger charge is -2.56. The van der Waals surface area contributed by atoms with Gasteiger partial charge in [0.25, 0.3) is 0 Å². The summed E-state index contributed by atoms with van der Waals surface area (Å²) in [7, 11) is 0. The van der Waals surface area contributed by atoms with E-state index in [9.17, 15) is 14.4 Å². The normalized spacial score (nSPS) is 35.6. The van der Waals surface area contributed by atoms with Crippen LogP contribution in [0.3, 0.4) is 0 Å². The van der Waals surface area contributed by atoms with Crippen molar-refractivity contribution in [2.24, 2.45) is 23.2 Å². The van der Waals surface area contributed by atoms with Crippen molar-refractivity contribution in [1.82, 2.24) is 0 Å². The Morgan fingerprint density at radius 3 is 2.26 bits per heavy atom. The summed E-state index contributed by atoms with van der Waals surface area (Å²) in [6.45, 7) is 15.2. The molecule has 2 saturated carbocycles. The van der Waals surface area contributed by atoms with Crippen LogP contribution >= 0.6 is 0 Å². The molecule has 0 aliphatic heterocycles. The van der Waals surface area contributed by atoms with Crippen LogP contribution in [-0.4, -0.2) is 29.9 Å². The van der Waals surface area contributed by atoms with E-state index >= 15 is 0 Å². The zero-order valence-electron chi connectivity index (χ0n) is 17.3. The summed E-state index contributed by atoms with van der Waals surface area (Å²) in [5.74, 6) is -0.850. The van der Waals surface area contributed by atoms with Crippen molar-refractivity contribution in [3.05, 3.63) is 23.8 Å². The molecule has 2 aliphatic rings. The van der Waals surface area contributed by atoms with Crippen LogP contribution in [0.25, 0.3) is 0 Å². The van der Waals surface area contributed by atoms with Crippen molar-refractivity contribution in [3.63, 3.8) is 0 Å². The van der Waals surface area contributed by atoms with Gasteiger partial charge in [-0.05, 0) is 38.5 Å². The molecule has 0 heterocycles. The maximum absolute atomic E-state index is 12.4. The predicted molar refractivity (Wildman–Crippen MR) is 103 cm³/mol. The molecule has 0 radical (unpaired) electrons. The number of esters is 2. The predicted octanol–water partition coefficient (Wildman–Crippen LogP) is 4.01. The van der Waals surface area contributed by atoms with Gasteiger partial charge in [-0.1, -0.05) is 31.6 Å². The van der Waals surface area contributed by atoms with Crippen LogP contribution in [0.2, 0.25) is 0 Å². The van der Waals surface area contributed by atoms with Crippen LogP contribution in [0.5, 0.6) is 0 Å². The third-order valence-electron chi connectivity index (χ3n) is 6.32. The molecule has 0 aromatic carbocycles. The van der Waals surface area contributed by atoms with Gasteiger partial charge in [-0.3, -0.25) is 9.59 Å². The maximum Gasteiger partial charge on any atom is 0.331 e. The molecule has 0 aromatic heterocycles. The minimum atomic E-state index is -0.663. The van der Waals surface area contributed by atoms with Gasteiger partial charge in [-0.2, -0.15) is 0 Å². The van der Waals surface area contributed by atoms with Crippen LogP contribution in [0, 0.1) is 23.2 Å². The Bertz CT molecular complexity index is 672. The molecule has 0 bridgehead atoms. The molecule has 6 atom stereocenters. The van der Waals surface area contributed by atoms with E-state index in [0.717, 1.165) is 17.6 Å². The number of Topliss-reactive ketones (excluding diaryl/α,β-unsaturated/α-hetero) is 1. The van der Waals surface area contributed by atoms with Crippen LogP contribution in [0.15, 0.2) is 23.8 Å². The summed E-state index contributed by atoms with van der Waals surface area (Å²) in [5, 5.41) is 0. The number of carbonyl (C=O) groups is 3. The van der Waals surface area contributed by atoms with Gasteiger partial charge in [0.2, 0.25) is 0 Å².